The maximum atomic E-state index is 4.38. The molecule has 1 aliphatic rings. The summed E-state index contributed by atoms with van der Waals surface area (Å²) in [6.45, 7) is 6.93. The Morgan fingerprint density at radius 1 is 1.33 bits per heavy atom. The predicted molar refractivity (Wildman–Crippen MR) is 66.5 cm³/mol. The predicted octanol–water partition coefficient (Wildman–Crippen LogP) is 4.53. The molecule has 0 amide bonds. The second-order valence-electron chi connectivity index (χ2n) is 5.57. The number of hydrogen-bond acceptors (Lipinski definition) is 2. The zero-order chi connectivity index (χ0) is 10.9. The molecule has 1 aromatic heterocycles. The van der Waals surface area contributed by atoms with Crippen molar-refractivity contribution in [1.82, 2.24) is 4.98 Å². The topological polar surface area (TPSA) is 12.9 Å². The maximum absolute atomic E-state index is 4.38. The molecule has 1 atom stereocenters. The van der Waals surface area contributed by atoms with E-state index in [4.69, 9.17) is 0 Å². The van der Waals surface area contributed by atoms with E-state index < -0.39 is 0 Å². The lowest BCUT2D eigenvalue weighted by Gasteiger charge is -2.21. The molecule has 0 radical (unpaired) electrons. The van der Waals surface area contributed by atoms with Gasteiger partial charge in [0, 0.05) is 11.1 Å². The van der Waals surface area contributed by atoms with Crippen molar-refractivity contribution < 1.29 is 0 Å². The molecule has 1 aromatic rings. The molecule has 1 aliphatic carbocycles. The van der Waals surface area contributed by atoms with Crippen molar-refractivity contribution in [2.24, 2.45) is 5.41 Å². The average molecular weight is 223 g/mol. The summed E-state index contributed by atoms with van der Waals surface area (Å²) in [5.41, 5.74) is 0.564. The fraction of sp³-hybridized carbons (Fsp3) is 0.769. The molecule has 1 saturated carbocycles. The zero-order valence-electron chi connectivity index (χ0n) is 10.0. The molecule has 0 aliphatic heterocycles. The standard InChI is InChI=1S/C13H21NS/c1-10-14-9-12(15-10)11-5-4-7-13(2,3)8-6-11/h9,11H,4-8H2,1-3H3. The lowest BCUT2D eigenvalue weighted by molar-refractivity contribution is 0.313. The summed E-state index contributed by atoms with van der Waals surface area (Å²) in [4.78, 5) is 5.90. The third kappa shape index (κ3) is 2.81. The molecule has 1 unspecified atom stereocenters. The summed E-state index contributed by atoms with van der Waals surface area (Å²) >= 11 is 1.89. The Morgan fingerprint density at radius 3 is 2.80 bits per heavy atom. The van der Waals surface area contributed by atoms with Crippen LogP contribution in [-0.2, 0) is 0 Å². The van der Waals surface area contributed by atoms with Gasteiger partial charge in [0.05, 0.1) is 5.01 Å². The SMILES string of the molecule is Cc1ncc(C2CCCC(C)(C)CC2)s1. The van der Waals surface area contributed by atoms with Crippen molar-refractivity contribution in [3.8, 4) is 0 Å². The van der Waals surface area contributed by atoms with Crippen LogP contribution in [0.15, 0.2) is 6.20 Å². The van der Waals surface area contributed by atoms with Gasteiger partial charge in [-0.25, -0.2) is 4.98 Å². The smallest absolute Gasteiger partial charge is 0.0896 e. The lowest BCUT2D eigenvalue weighted by Crippen LogP contribution is -2.08. The molecule has 2 rings (SSSR count). The number of thiazole rings is 1. The van der Waals surface area contributed by atoms with E-state index in [1.807, 2.05) is 11.3 Å². The van der Waals surface area contributed by atoms with Gasteiger partial charge in [0.1, 0.15) is 0 Å². The van der Waals surface area contributed by atoms with E-state index in [0.29, 0.717) is 5.41 Å². The van der Waals surface area contributed by atoms with Crippen LogP contribution >= 0.6 is 11.3 Å². The van der Waals surface area contributed by atoms with E-state index in [2.05, 4.69) is 32.0 Å². The van der Waals surface area contributed by atoms with Crippen LogP contribution in [0.25, 0.3) is 0 Å². The molecule has 0 aromatic carbocycles. The highest BCUT2D eigenvalue weighted by Gasteiger charge is 2.25. The quantitative estimate of drug-likeness (QED) is 0.638. The second kappa shape index (κ2) is 4.25. The highest BCUT2D eigenvalue weighted by atomic mass is 32.1. The largest absolute Gasteiger partial charge is 0.250 e. The summed E-state index contributed by atoms with van der Waals surface area (Å²) in [6, 6.07) is 0. The van der Waals surface area contributed by atoms with Crippen LogP contribution in [0.5, 0.6) is 0 Å². The molecule has 0 bridgehead atoms. The first kappa shape index (κ1) is 11.1. The molecule has 84 valence electrons. The lowest BCUT2D eigenvalue weighted by atomic mass is 9.85. The van der Waals surface area contributed by atoms with E-state index in [1.54, 1.807) is 0 Å². The monoisotopic (exact) mass is 223 g/mol. The second-order valence-corrected chi connectivity index (χ2v) is 6.84. The third-order valence-electron chi connectivity index (χ3n) is 3.62. The van der Waals surface area contributed by atoms with Crippen LogP contribution in [0, 0.1) is 12.3 Å². The Kier molecular flexibility index (Phi) is 3.15. The number of aromatic nitrogens is 1. The molecule has 0 spiro atoms. The number of hydrogen-bond donors (Lipinski definition) is 0. The van der Waals surface area contributed by atoms with Gasteiger partial charge in [0.15, 0.2) is 0 Å². The molecule has 1 fully saturated rings. The minimum atomic E-state index is 0.564. The van der Waals surface area contributed by atoms with Gasteiger partial charge in [-0.05, 0) is 43.9 Å². The van der Waals surface area contributed by atoms with Crippen LogP contribution in [0.3, 0.4) is 0 Å². The highest BCUT2D eigenvalue weighted by Crippen LogP contribution is 2.41. The Morgan fingerprint density at radius 2 is 2.13 bits per heavy atom. The molecular formula is C13H21NS. The summed E-state index contributed by atoms with van der Waals surface area (Å²) < 4.78 is 0. The van der Waals surface area contributed by atoms with Gasteiger partial charge in [-0.2, -0.15) is 0 Å². The van der Waals surface area contributed by atoms with Crippen LogP contribution < -0.4 is 0 Å². The normalized spacial score (nSPS) is 26.2. The minimum absolute atomic E-state index is 0.564. The maximum Gasteiger partial charge on any atom is 0.0896 e. The van der Waals surface area contributed by atoms with Crippen molar-refractivity contribution in [2.75, 3.05) is 0 Å². The average Bonchev–Trinajstić information content (AvgIpc) is 2.49. The Bertz CT molecular complexity index is 327. The van der Waals surface area contributed by atoms with Gasteiger partial charge in [0.25, 0.3) is 0 Å². The molecule has 0 N–H and O–H groups in total. The van der Waals surface area contributed by atoms with Crippen molar-refractivity contribution in [2.45, 2.75) is 58.8 Å². The minimum Gasteiger partial charge on any atom is -0.250 e. The third-order valence-corrected chi connectivity index (χ3v) is 4.69. The zero-order valence-corrected chi connectivity index (χ0v) is 10.9. The fourth-order valence-electron chi connectivity index (χ4n) is 2.51. The van der Waals surface area contributed by atoms with E-state index in [9.17, 15) is 0 Å². The highest BCUT2D eigenvalue weighted by molar-refractivity contribution is 7.11. The van der Waals surface area contributed by atoms with E-state index in [0.717, 1.165) is 5.92 Å². The van der Waals surface area contributed by atoms with Gasteiger partial charge < -0.3 is 0 Å². The molecule has 1 nitrogen and oxygen atoms in total. The van der Waals surface area contributed by atoms with Crippen molar-refractivity contribution in [1.29, 1.82) is 0 Å². The van der Waals surface area contributed by atoms with Gasteiger partial charge in [0.2, 0.25) is 0 Å². The van der Waals surface area contributed by atoms with E-state index >= 15 is 0 Å². The molecule has 1 heterocycles. The molecular weight excluding hydrogens is 202 g/mol. The Balaban J connectivity index is 2.05. The molecule has 0 saturated heterocycles. The van der Waals surface area contributed by atoms with Crippen LogP contribution in [0.4, 0.5) is 0 Å². The van der Waals surface area contributed by atoms with Crippen molar-refractivity contribution >= 4 is 11.3 Å². The first-order valence-corrected chi connectivity index (χ1v) is 6.81. The molecule has 15 heavy (non-hydrogen) atoms. The Hall–Kier alpha value is -0.370. The van der Waals surface area contributed by atoms with Gasteiger partial charge in [-0.3, -0.25) is 0 Å². The first-order valence-electron chi connectivity index (χ1n) is 5.99. The number of rotatable bonds is 1. The summed E-state index contributed by atoms with van der Waals surface area (Å²) in [5, 5.41) is 1.22. The summed E-state index contributed by atoms with van der Waals surface area (Å²) in [7, 11) is 0. The molecule has 2 heteroatoms. The van der Waals surface area contributed by atoms with E-state index in [-0.39, 0.29) is 0 Å². The van der Waals surface area contributed by atoms with Crippen LogP contribution in [0.2, 0.25) is 0 Å². The number of nitrogens with zero attached hydrogens (tertiary/aromatic N) is 1. The summed E-state index contributed by atoms with van der Waals surface area (Å²) in [6.07, 6.45) is 8.97. The number of aryl methyl sites for hydroxylation is 1. The first-order chi connectivity index (χ1) is 7.07. The summed E-state index contributed by atoms with van der Waals surface area (Å²) in [5.74, 6) is 0.790. The fourth-order valence-corrected chi connectivity index (χ4v) is 3.47. The van der Waals surface area contributed by atoms with Gasteiger partial charge in [-0.1, -0.05) is 20.3 Å². The van der Waals surface area contributed by atoms with E-state index in [1.165, 1.54) is 42.0 Å². The van der Waals surface area contributed by atoms with Crippen molar-refractivity contribution in [3.63, 3.8) is 0 Å². The van der Waals surface area contributed by atoms with Gasteiger partial charge >= 0.3 is 0 Å². The Labute approximate surface area is 96.9 Å². The van der Waals surface area contributed by atoms with Crippen LogP contribution in [-0.4, -0.2) is 4.98 Å². The van der Waals surface area contributed by atoms with Gasteiger partial charge in [-0.15, -0.1) is 11.3 Å². The van der Waals surface area contributed by atoms with Crippen molar-refractivity contribution in [3.05, 3.63) is 16.1 Å². The van der Waals surface area contributed by atoms with Crippen LogP contribution in [0.1, 0.15) is 61.8 Å².